The van der Waals surface area contributed by atoms with E-state index >= 15 is 0 Å². The molecule has 0 radical (unpaired) electrons. The number of esters is 2. The van der Waals surface area contributed by atoms with Crippen LogP contribution in [0, 0.1) is 0 Å². The second-order valence-electron chi connectivity index (χ2n) is 11.2. The Morgan fingerprint density at radius 3 is 1.40 bits per heavy atom. The monoisotopic (exact) mass is 696 g/mol. The van der Waals surface area contributed by atoms with Gasteiger partial charge < -0.3 is 9.47 Å². The molecular weight excluding hydrogens is 654 g/mol. The van der Waals surface area contributed by atoms with E-state index in [0.29, 0.717) is 13.2 Å². The van der Waals surface area contributed by atoms with E-state index in [1.807, 2.05) is 92.7 Å². The van der Waals surface area contributed by atoms with Gasteiger partial charge in [-0.15, -0.1) is 0 Å². The van der Waals surface area contributed by atoms with Gasteiger partial charge in [0.1, 0.15) is 0 Å². The minimum atomic E-state index is -2.24. The van der Waals surface area contributed by atoms with E-state index in [-0.39, 0.29) is 17.6 Å². The van der Waals surface area contributed by atoms with Crippen molar-refractivity contribution in [2.45, 2.75) is 19.5 Å². The van der Waals surface area contributed by atoms with Crippen molar-refractivity contribution in [1.82, 2.24) is 0 Å². The van der Waals surface area contributed by atoms with E-state index in [1.165, 1.54) is 10.6 Å². The molecule has 5 aromatic carbocycles. The molecule has 0 spiro atoms. The van der Waals surface area contributed by atoms with Gasteiger partial charge in [0.15, 0.2) is 0 Å². The fourth-order valence-electron chi connectivity index (χ4n) is 5.88. The summed E-state index contributed by atoms with van der Waals surface area (Å²) in [6.45, 7) is 2.18. The first-order chi connectivity index (χ1) is 24.6. The minimum absolute atomic E-state index is 0.147. The maximum atomic E-state index is 12.5. The SMILES string of the molecule is CCOC(=O)C=C1C=CC=CC1P(c1ccccc1)c1ccccc1.CCOC(=O)C=P(c1ccccc1)(c1ccccc1)c1ccccc1. The van der Waals surface area contributed by atoms with Gasteiger partial charge in [-0.1, -0.05) is 176 Å². The van der Waals surface area contributed by atoms with E-state index < -0.39 is 14.8 Å². The average molecular weight is 697 g/mol. The summed E-state index contributed by atoms with van der Waals surface area (Å²) < 4.78 is 10.4. The zero-order valence-electron chi connectivity index (χ0n) is 28.4. The summed E-state index contributed by atoms with van der Waals surface area (Å²) in [5.74, 6) is 1.25. The highest BCUT2D eigenvalue weighted by atomic mass is 31.2. The molecular formula is C44H42O4P2. The second-order valence-corrected chi connectivity index (χ2v) is 16.8. The lowest BCUT2D eigenvalue weighted by atomic mass is 10.1. The quantitative estimate of drug-likeness (QED) is 0.0866. The van der Waals surface area contributed by atoms with Gasteiger partial charge in [0.2, 0.25) is 0 Å². The predicted octanol–water partition coefficient (Wildman–Crippen LogP) is 7.45. The van der Waals surface area contributed by atoms with Crippen LogP contribution < -0.4 is 26.5 Å². The molecule has 1 atom stereocenters. The highest BCUT2D eigenvalue weighted by Crippen LogP contribution is 2.45. The summed E-state index contributed by atoms with van der Waals surface area (Å²) in [5, 5.41) is 6.01. The van der Waals surface area contributed by atoms with Gasteiger partial charge in [0.25, 0.3) is 0 Å². The molecule has 1 unspecified atom stereocenters. The molecule has 0 aromatic heterocycles. The summed E-state index contributed by atoms with van der Waals surface area (Å²) >= 11 is 0. The molecule has 50 heavy (non-hydrogen) atoms. The Balaban J connectivity index is 0.000000194. The highest BCUT2D eigenvalue weighted by molar-refractivity contribution is 7.95. The molecule has 6 heteroatoms. The number of ether oxygens (including phenoxy) is 2. The third kappa shape index (κ3) is 9.16. The van der Waals surface area contributed by atoms with Crippen molar-refractivity contribution in [3.63, 3.8) is 0 Å². The number of benzene rings is 5. The Labute approximate surface area is 297 Å². The lowest BCUT2D eigenvalue weighted by Crippen LogP contribution is -2.29. The number of rotatable bonds is 10. The molecule has 0 saturated carbocycles. The smallest absolute Gasteiger partial charge is 0.331 e. The molecule has 4 nitrogen and oxygen atoms in total. The highest BCUT2D eigenvalue weighted by Gasteiger charge is 2.28. The van der Waals surface area contributed by atoms with Crippen molar-refractivity contribution in [2.75, 3.05) is 13.2 Å². The van der Waals surface area contributed by atoms with Crippen LogP contribution in [0.2, 0.25) is 0 Å². The van der Waals surface area contributed by atoms with Crippen molar-refractivity contribution in [3.8, 4) is 0 Å². The van der Waals surface area contributed by atoms with Crippen molar-refractivity contribution in [2.24, 2.45) is 0 Å². The predicted molar refractivity (Wildman–Crippen MR) is 214 cm³/mol. The molecule has 0 aliphatic heterocycles. The summed E-state index contributed by atoms with van der Waals surface area (Å²) in [6, 6.07) is 51.8. The molecule has 6 rings (SSSR count). The Bertz CT molecular complexity index is 1810. The summed E-state index contributed by atoms with van der Waals surface area (Å²) in [7, 11) is -0.662. The molecule has 252 valence electrons. The minimum Gasteiger partial charge on any atom is -0.463 e. The average Bonchev–Trinajstić information content (AvgIpc) is 3.17. The van der Waals surface area contributed by atoms with Crippen LogP contribution in [0.25, 0.3) is 0 Å². The van der Waals surface area contributed by atoms with Crippen molar-refractivity contribution in [3.05, 3.63) is 188 Å². The fraction of sp³-hybridized carbons (Fsp3) is 0.114. The Morgan fingerprint density at radius 2 is 0.980 bits per heavy atom. The topological polar surface area (TPSA) is 52.6 Å². The summed E-state index contributed by atoms with van der Waals surface area (Å²) in [4.78, 5) is 24.5. The van der Waals surface area contributed by atoms with Gasteiger partial charge in [-0.3, -0.25) is 0 Å². The van der Waals surface area contributed by atoms with Crippen LogP contribution in [0.1, 0.15) is 13.8 Å². The van der Waals surface area contributed by atoms with Gasteiger partial charge in [-0.2, -0.15) is 0 Å². The molecule has 0 saturated heterocycles. The first kappa shape index (κ1) is 36.3. The molecule has 0 N–H and O–H groups in total. The zero-order chi connectivity index (χ0) is 35.0. The number of carbonyl (C=O) groups is 2. The Hall–Kier alpha value is -5.01. The number of hydrogen-bond donors (Lipinski definition) is 0. The van der Waals surface area contributed by atoms with E-state index in [2.05, 4.69) is 97.1 Å². The maximum absolute atomic E-state index is 12.5. The van der Waals surface area contributed by atoms with Gasteiger partial charge in [-0.25, -0.2) is 9.59 Å². The van der Waals surface area contributed by atoms with Crippen LogP contribution >= 0.6 is 14.8 Å². The molecule has 0 heterocycles. The Morgan fingerprint density at radius 1 is 0.580 bits per heavy atom. The van der Waals surface area contributed by atoms with Crippen LogP contribution in [-0.2, 0) is 19.1 Å². The van der Waals surface area contributed by atoms with Crippen LogP contribution in [-0.4, -0.2) is 36.6 Å². The molecule has 1 aliphatic rings. The van der Waals surface area contributed by atoms with Crippen molar-refractivity contribution in [1.29, 1.82) is 0 Å². The van der Waals surface area contributed by atoms with Crippen LogP contribution in [0.5, 0.6) is 0 Å². The van der Waals surface area contributed by atoms with Crippen LogP contribution in [0.3, 0.4) is 0 Å². The number of hydrogen-bond acceptors (Lipinski definition) is 4. The van der Waals surface area contributed by atoms with Crippen LogP contribution in [0.4, 0.5) is 0 Å². The van der Waals surface area contributed by atoms with Crippen molar-refractivity contribution < 1.29 is 19.1 Å². The largest absolute Gasteiger partial charge is 0.463 e. The molecule has 5 aromatic rings. The Kier molecular flexibility index (Phi) is 13.5. The summed E-state index contributed by atoms with van der Waals surface area (Å²) in [5.41, 5.74) is 1.15. The van der Waals surface area contributed by atoms with E-state index in [4.69, 9.17) is 9.47 Å². The number of carbonyl (C=O) groups excluding carboxylic acids is 2. The summed E-state index contributed by atoms with van der Waals surface area (Å²) in [6.07, 6.45) is 9.88. The van der Waals surface area contributed by atoms with Gasteiger partial charge in [0, 0.05) is 17.5 Å². The third-order valence-corrected chi connectivity index (χ3v) is 14.7. The third-order valence-electron chi connectivity index (χ3n) is 8.03. The molecule has 0 amide bonds. The first-order valence-electron chi connectivity index (χ1n) is 16.8. The van der Waals surface area contributed by atoms with Gasteiger partial charge in [0.05, 0.1) is 13.2 Å². The van der Waals surface area contributed by atoms with Crippen LogP contribution in [0.15, 0.2) is 188 Å². The molecule has 1 aliphatic carbocycles. The zero-order valence-corrected chi connectivity index (χ0v) is 30.2. The van der Waals surface area contributed by atoms with Crippen molar-refractivity contribution >= 4 is 59.1 Å². The van der Waals surface area contributed by atoms with Gasteiger partial charge in [-0.05, 0) is 60.8 Å². The number of allylic oxidation sites excluding steroid dienone is 5. The lowest BCUT2D eigenvalue weighted by Gasteiger charge is -2.28. The normalized spacial score (nSPS) is 14.4. The van der Waals surface area contributed by atoms with E-state index in [9.17, 15) is 9.59 Å². The molecule has 0 bridgehead atoms. The second kappa shape index (κ2) is 18.7. The van der Waals surface area contributed by atoms with E-state index in [0.717, 1.165) is 21.5 Å². The lowest BCUT2D eigenvalue weighted by molar-refractivity contribution is -0.137. The fourth-order valence-corrected chi connectivity index (χ4v) is 12.2. The first-order valence-corrected chi connectivity index (χ1v) is 20.0. The standard InChI is InChI=1S/2C22H21O2P/c1-2-24-22(23)18-25(19-12-6-3-7-13-19,20-14-8-4-9-15-20)21-16-10-5-11-17-21;1-2-24-22(23)17-18-11-9-10-16-21(18)25(19-12-5-3-6-13-19)20-14-7-4-8-15-20/h3-18H,2H2,1H3;3-17,21H,2H2,1H3. The molecule has 0 fully saturated rings. The van der Waals surface area contributed by atoms with E-state index in [1.54, 1.807) is 11.9 Å². The van der Waals surface area contributed by atoms with Gasteiger partial charge >= 0.3 is 11.9 Å². The maximum Gasteiger partial charge on any atom is 0.331 e.